The predicted molar refractivity (Wildman–Crippen MR) is 265 cm³/mol. The summed E-state index contributed by atoms with van der Waals surface area (Å²) >= 11 is 0. The second-order valence-corrected chi connectivity index (χ2v) is 18.6. The highest BCUT2D eigenvalue weighted by Crippen LogP contribution is 2.39. The Morgan fingerprint density at radius 1 is 0.657 bits per heavy atom. The first-order valence-electron chi connectivity index (χ1n) is 23.8. The minimum absolute atomic E-state index is 0.0115. The van der Waals surface area contributed by atoms with E-state index in [4.69, 9.17) is 11.3 Å². The van der Waals surface area contributed by atoms with E-state index in [0.717, 1.165) is 11.1 Å². The molecule has 7 rings (SSSR count). The molecule has 5 aromatic rings. The Labute approximate surface area is 407 Å². The van der Waals surface area contributed by atoms with Gasteiger partial charge in [-0.1, -0.05) is 57.1 Å². The van der Waals surface area contributed by atoms with Gasteiger partial charge in [-0.15, -0.1) is 5.10 Å². The first-order chi connectivity index (χ1) is 33.5. The second-order valence-electron chi connectivity index (χ2n) is 18.6. The number of aromatic hydroxyl groups is 5. The summed E-state index contributed by atoms with van der Waals surface area (Å²) in [7, 11) is 0. The van der Waals surface area contributed by atoms with Crippen LogP contribution in [0.3, 0.4) is 0 Å². The average molecular weight is 960 g/mol. The van der Waals surface area contributed by atoms with Gasteiger partial charge in [-0.2, -0.15) is 0 Å². The first-order valence-corrected chi connectivity index (χ1v) is 23.8. The quantitative estimate of drug-likeness (QED) is 0.0262. The van der Waals surface area contributed by atoms with Gasteiger partial charge in [0.2, 0.25) is 17.7 Å². The number of hydrazine groups is 1. The van der Waals surface area contributed by atoms with Crippen LogP contribution in [0.2, 0.25) is 0 Å². The molecule has 19 heteroatoms. The Hall–Kier alpha value is -7.22. The van der Waals surface area contributed by atoms with E-state index in [2.05, 4.69) is 25.3 Å². The highest BCUT2D eigenvalue weighted by Gasteiger charge is 2.25. The summed E-state index contributed by atoms with van der Waals surface area (Å²) in [5.74, 6) is 5.73. The van der Waals surface area contributed by atoms with Crippen molar-refractivity contribution in [1.29, 1.82) is 5.41 Å². The molecule has 0 spiro atoms. The maximum absolute atomic E-state index is 13.0. The van der Waals surface area contributed by atoms with Crippen molar-refractivity contribution in [3.63, 3.8) is 0 Å². The largest absolute Gasteiger partial charge is 0.508 e. The fraction of sp³-hybridized carbons (Fsp3) is 0.412. The lowest BCUT2D eigenvalue weighted by atomic mass is 9.98. The van der Waals surface area contributed by atoms with Crippen molar-refractivity contribution in [3.8, 4) is 46.1 Å². The third-order valence-electron chi connectivity index (χ3n) is 13.0. The number of hydrogen-bond donors (Lipinski definition) is 8. The maximum Gasteiger partial charge on any atom is 0.319 e. The van der Waals surface area contributed by atoms with Gasteiger partial charge in [0.15, 0.2) is 11.7 Å². The molecule has 2 aliphatic heterocycles. The summed E-state index contributed by atoms with van der Waals surface area (Å²) in [4.78, 5) is 46.8. The number of carbonyl (C=O) groups excluding carboxylic acids is 3. The average Bonchev–Trinajstić information content (AvgIpc) is 3.72. The van der Waals surface area contributed by atoms with Gasteiger partial charge < -0.3 is 40.6 Å². The highest BCUT2D eigenvalue weighted by molar-refractivity contribution is 6.09. The number of nitrogens with two attached hydrogens (primary N) is 1. The lowest BCUT2D eigenvalue weighted by Gasteiger charge is -2.35. The van der Waals surface area contributed by atoms with Crippen molar-refractivity contribution >= 4 is 29.2 Å². The number of nitrogens with one attached hydrogen (secondary N) is 2. The summed E-state index contributed by atoms with van der Waals surface area (Å²) in [6, 6.07) is 20.5. The van der Waals surface area contributed by atoms with Crippen molar-refractivity contribution in [2.24, 2.45) is 5.84 Å². The first kappa shape index (κ1) is 50.7. The van der Waals surface area contributed by atoms with Gasteiger partial charge in [-0.3, -0.25) is 34.6 Å². The number of amidine groups is 1. The van der Waals surface area contributed by atoms with Crippen LogP contribution in [-0.2, 0) is 27.5 Å². The van der Waals surface area contributed by atoms with Gasteiger partial charge >= 0.3 is 6.01 Å². The Bertz CT molecular complexity index is 2660. The number of rotatable bonds is 17. The van der Waals surface area contributed by atoms with Crippen LogP contribution in [0, 0.1) is 5.41 Å². The molecular formula is C51H65N11O8. The van der Waals surface area contributed by atoms with Gasteiger partial charge in [0.25, 0.3) is 0 Å². The Balaban J connectivity index is 0.762. The van der Waals surface area contributed by atoms with Crippen molar-refractivity contribution in [1.82, 2.24) is 39.7 Å². The fourth-order valence-corrected chi connectivity index (χ4v) is 8.88. The van der Waals surface area contributed by atoms with Crippen LogP contribution in [0.4, 0.5) is 5.69 Å². The van der Waals surface area contributed by atoms with Gasteiger partial charge in [0, 0.05) is 103 Å². The number of benzene rings is 4. The topological polar surface area (TPSA) is 261 Å². The second kappa shape index (κ2) is 22.5. The molecule has 0 radical (unpaired) electrons. The Morgan fingerprint density at radius 3 is 1.73 bits per heavy atom. The zero-order valence-electron chi connectivity index (χ0n) is 40.3. The summed E-state index contributed by atoms with van der Waals surface area (Å²) in [5, 5.41) is 72.8. The maximum atomic E-state index is 13.0. The molecule has 0 aliphatic carbocycles. The number of nitrogens with zero attached hydrogens (tertiary/aromatic N) is 8. The molecular weight excluding hydrogens is 895 g/mol. The SMILES string of the molecule is CC(C)c1cc(C(=N)N(N)c2ccc(CN3CCN(C(=O)CCCC(=O)NCCC(=O)N4CCN(Cc5ccc(-n6c(O)nnc6-c6cc(C(C)C)c(O)cc6O)cc5)CC4)CC3)cc2)c(O)cc1O. The number of phenolic OH excluding ortho intramolecular Hbond substituents is 4. The monoisotopic (exact) mass is 960 g/mol. The molecule has 70 heavy (non-hydrogen) atoms. The molecule has 0 unspecified atom stereocenters. The minimum Gasteiger partial charge on any atom is -0.508 e. The van der Waals surface area contributed by atoms with Gasteiger partial charge in [0.05, 0.1) is 22.5 Å². The van der Waals surface area contributed by atoms with Crippen LogP contribution in [0.15, 0.2) is 72.8 Å². The lowest BCUT2D eigenvalue weighted by Crippen LogP contribution is -2.48. The van der Waals surface area contributed by atoms with Crippen LogP contribution >= 0.6 is 0 Å². The van der Waals surface area contributed by atoms with Gasteiger partial charge in [-0.05, 0) is 76.9 Å². The van der Waals surface area contributed by atoms with Crippen molar-refractivity contribution in [2.75, 3.05) is 63.9 Å². The number of aromatic nitrogens is 3. The van der Waals surface area contributed by atoms with Crippen LogP contribution in [-0.4, -0.2) is 142 Å². The Morgan fingerprint density at radius 2 is 1.17 bits per heavy atom. The smallest absolute Gasteiger partial charge is 0.319 e. The zero-order chi connectivity index (χ0) is 50.2. The standard InChI is InChI=1S/C51H65N11O8/c1-32(2)38-26-40(44(65)28-42(38)63)49(52)62(53)37-14-10-35(11-15-37)31-57-18-22-59(23-19-57)47(68)7-5-6-46(67)54-17-16-48(69)60-24-20-58(21-25-60)30-34-8-12-36(13-9-34)61-50(55-56-51(61)70)41-27-39(33(3)4)43(64)29-45(41)66/h8-15,26-29,32-33,52,63-66H,5-7,16-25,30-31,53H2,1-4H3,(H,54,67)(H,56,70). The third kappa shape index (κ3) is 12.1. The number of piperazine rings is 2. The van der Waals surface area contributed by atoms with Crippen molar-refractivity contribution in [2.45, 2.75) is 78.3 Å². The number of hydrogen-bond acceptors (Lipinski definition) is 14. The molecule has 1 aromatic heterocycles. The molecule has 0 atom stereocenters. The van der Waals surface area contributed by atoms with E-state index in [-0.39, 0.29) is 102 Å². The van der Waals surface area contributed by atoms with Crippen LogP contribution < -0.4 is 16.2 Å². The van der Waals surface area contributed by atoms with Crippen LogP contribution in [0.5, 0.6) is 29.0 Å². The zero-order valence-corrected chi connectivity index (χ0v) is 40.3. The molecule has 4 aromatic carbocycles. The highest BCUT2D eigenvalue weighted by atomic mass is 16.3. The number of anilines is 1. The molecule has 3 amide bonds. The number of phenols is 4. The normalized spacial score (nSPS) is 14.6. The Kier molecular flexibility index (Phi) is 16.3. The molecule has 2 aliphatic rings. The van der Waals surface area contributed by atoms with E-state index < -0.39 is 0 Å². The predicted octanol–water partition coefficient (Wildman–Crippen LogP) is 5.08. The van der Waals surface area contributed by atoms with Gasteiger partial charge in [-0.25, -0.2) is 10.4 Å². The molecule has 2 fully saturated rings. The molecule has 0 saturated carbocycles. The van der Waals surface area contributed by atoms with E-state index in [9.17, 15) is 39.9 Å². The summed E-state index contributed by atoms with van der Waals surface area (Å²) in [6.07, 6.45) is 1.09. The number of amides is 3. The van der Waals surface area contributed by atoms with E-state index >= 15 is 0 Å². The van der Waals surface area contributed by atoms with Crippen molar-refractivity contribution in [3.05, 3.63) is 101 Å². The number of carbonyl (C=O) groups is 3. The molecule has 2 saturated heterocycles. The van der Waals surface area contributed by atoms with Crippen molar-refractivity contribution < 1.29 is 39.9 Å². The lowest BCUT2D eigenvalue weighted by molar-refractivity contribution is -0.133. The molecule has 3 heterocycles. The third-order valence-corrected chi connectivity index (χ3v) is 13.0. The van der Waals surface area contributed by atoms with E-state index in [1.54, 1.807) is 12.1 Å². The summed E-state index contributed by atoms with van der Waals surface area (Å²) in [6.45, 7) is 14.3. The molecule has 9 N–H and O–H groups in total. The van der Waals surface area contributed by atoms with Crippen LogP contribution in [0.1, 0.15) is 93.0 Å². The molecule has 0 bridgehead atoms. The summed E-state index contributed by atoms with van der Waals surface area (Å²) in [5.41, 5.74) is 5.03. The van der Waals surface area contributed by atoms with E-state index in [0.29, 0.717) is 99.9 Å². The van der Waals surface area contributed by atoms with E-state index in [1.165, 1.54) is 21.7 Å². The molecule has 19 nitrogen and oxygen atoms in total. The fourth-order valence-electron chi connectivity index (χ4n) is 8.88. The van der Waals surface area contributed by atoms with Gasteiger partial charge in [0.1, 0.15) is 23.0 Å². The van der Waals surface area contributed by atoms with E-state index in [1.807, 2.05) is 86.0 Å². The summed E-state index contributed by atoms with van der Waals surface area (Å²) < 4.78 is 1.44. The molecule has 372 valence electrons. The minimum atomic E-state index is -0.339. The van der Waals surface area contributed by atoms with Crippen LogP contribution in [0.25, 0.3) is 17.1 Å².